The molecule has 2 atom stereocenters. The molecule has 0 saturated carbocycles. The molecule has 0 N–H and O–H groups in total. The second-order valence-electron chi connectivity index (χ2n) is 3.56. The van der Waals surface area contributed by atoms with Crippen molar-refractivity contribution in [3.63, 3.8) is 0 Å². The summed E-state index contributed by atoms with van der Waals surface area (Å²) in [6.45, 7) is 8.11. The number of amides is 1. The summed E-state index contributed by atoms with van der Waals surface area (Å²) in [5, 5.41) is 0. The average molecular weight is 175 g/mol. The van der Waals surface area contributed by atoms with Crippen molar-refractivity contribution in [3.05, 3.63) is 37.0 Å². The third-order valence-electron chi connectivity index (χ3n) is 2.80. The van der Waals surface area contributed by atoms with E-state index in [1.165, 1.54) is 5.57 Å². The molecule has 2 aliphatic heterocycles. The first-order valence-corrected chi connectivity index (χ1v) is 4.52. The van der Waals surface area contributed by atoms with Crippen molar-refractivity contribution < 1.29 is 4.79 Å². The van der Waals surface area contributed by atoms with Gasteiger partial charge in [0.05, 0.1) is 12.0 Å². The van der Waals surface area contributed by atoms with E-state index in [2.05, 4.69) is 19.2 Å². The number of fused-ring (bicyclic) bond motifs is 1. The molecule has 13 heavy (non-hydrogen) atoms. The highest BCUT2D eigenvalue weighted by Gasteiger charge is 2.39. The Hall–Kier alpha value is -1.31. The predicted molar refractivity (Wildman–Crippen MR) is 52.1 cm³/mol. The van der Waals surface area contributed by atoms with Gasteiger partial charge in [-0.3, -0.25) is 4.79 Å². The Morgan fingerprint density at radius 2 is 2.31 bits per heavy atom. The third-order valence-corrected chi connectivity index (χ3v) is 2.80. The minimum atomic E-state index is 0.0348. The molecule has 2 heteroatoms. The van der Waals surface area contributed by atoms with Crippen LogP contribution in [0.25, 0.3) is 0 Å². The molecule has 0 radical (unpaired) electrons. The fraction of sp³-hybridized carbons (Fsp3) is 0.364. The summed E-state index contributed by atoms with van der Waals surface area (Å²) in [6, 6.07) is 0.295. The second kappa shape index (κ2) is 2.87. The highest BCUT2D eigenvalue weighted by atomic mass is 16.2. The molecule has 0 bridgehead atoms. The molecule has 0 aliphatic carbocycles. The van der Waals surface area contributed by atoms with E-state index in [9.17, 15) is 4.79 Å². The zero-order valence-corrected chi connectivity index (χ0v) is 7.57. The SMILES string of the molecule is C=CC1=C[C@@H]2C[C@H](C=C)C(=O)N2C1. The van der Waals surface area contributed by atoms with Gasteiger partial charge >= 0.3 is 0 Å². The van der Waals surface area contributed by atoms with Crippen molar-refractivity contribution >= 4 is 5.91 Å². The predicted octanol–water partition coefficient (Wildman–Crippen LogP) is 1.52. The quantitative estimate of drug-likeness (QED) is 0.583. The van der Waals surface area contributed by atoms with E-state index >= 15 is 0 Å². The standard InChI is InChI=1S/C11H13NO/c1-3-8-5-10-6-9(4-2)11(13)12(10)7-8/h3-5,9-10H,1-2,6-7H2/t9-,10+/m0/s1. The van der Waals surface area contributed by atoms with Gasteiger partial charge in [-0.25, -0.2) is 0 Å². The van der Waals surface area contributed by atoms with Gasteiger partial charge in [-0.15, -0.1) is 6.58 Å². The number of rotatable bonds is 2. The summed E-state index contributed by atoms with van der Waals surface area (Å²) in [5.74, 6) is 0.251. The molecule has 1 amide bonds. The van der Waals surface area contributed by atoms with Crippen LogP contribution in [0.4, 0.5) is 0 Å². The van der Waals surface area contributed by atoms with Crippen LogP contribution in [0.5, 0.6) is 0 Å². The molecular weight excluding hydrogens is 162 g/mol. The average Bonchev–Trinajstić information content (AvgIpc) is 2.65. The van der Waals surface area contributed by atoms with Crippen molar-refractivity contribution in [2.24, 2.45) is 5.92 Å². The molecule has 68 valence electrons. The van der Waals surface area contributed by atoms with Crippen molar-refractivity contribution in [2.45, 2.75) is 12.5 Å². The van der Waals surface area contributed by atoms with E-state index in [4.69, 9.17) is 0 Å². The minimum absolute atomic E-state index is 0.0348. The Balaban J connectivity index is 2.20. The number of hydrogen-bond donors (Lipinski definition) is 0. The topological polar surface area (TPSA) is 20.3 Å². The Kier molecular flexibility index (Phi) is 1.83. The molecule has 2 heterocycles. The normalized spacial score (nSPS) is 31.5. The van der Waals surface area contributed by atoms with Gasteiger partial charge in [0.25, 0.3) is 0 Å². The summed E-state index contributed by atoms with van der Waals surface area (Å²) < 4.78 is 0. The summed E-state index contributed by atoms with van der Waals surface area (Å²) >= 11 is 0. The Morgan fingerprint density at radius 1 is 1.54 bits per heavy atom. The van der Waals surface area contributed by atoms with Crippen LogP contribution >= 0.6 is 0 Å². The van der Waals surface area contributed by atoms with E-state index in [1.807, 2.05) is 11.0 Å². The maximum absolute atomic E-state index is 11.7. The van der Waals surface area contributed by atoms with E-state index in [1.54, 1.807) is 6.08 Å². The van der Waals surface area contributed by atoms with Crippen molar-refractivity contribution in [1.29, 1.82) is 0 Å². The van der Waals surface area contributed by atoms with Crippen molar-refractivity contribution in [1.82, 2.24) is 4.90 Å². The highest BCUT2D eigenvalue weighted by Crippen LogP contribution is 2.31. The molecule has 1 saturated heterocycles. The fourth-order valence-electron chi connectivity index (χ4n) is 2.04. The molecule has 1 fully saturated rings. The Bertz CT molecular complexity index is 303. The summed E-state index contributed by atoms with van der Waals surface area (Å²) in [6.07, 6.45) is 6.60. The first kappa shape index (κ1) is 8.30. The molecule has 0 aromatic heterocycles. The van der Waals surface area contributed by atoms with Gasteiger partial charge in [-0.05, 0) is 12.0 Å². The van der Waals surface area contributed by atoms with E-state index in [0.717, 1.165) is 13.0 Å². The van der Waals surface area contributed by atoms with Gasteiger partial charge in [-0.2, -0.15) is 0 Å². The zero-order valence-electron chi connectivity index (χ0n) is 7.57. The summed E-state index contributed by atoms with van der Waals surface area (Å²) in [4.78, 5) is 13.6. The lowest BCUT2D eigenvalue weighted by Crippen LogP contribution is -2.29. The van der Waals surface area contributed by atoms with Crippen LogP contribution in [-0.2, 0) is 4.79 Å². The van der Waals surface area contributed by atoms with Gasteiger partial charge in [0, 0.05) is 6.54 Å². The molecular formula is C11H13NO. The van der Waals surface area contributed by atoms with Gasteiger partial charge in [0.1, 0.15) is 0 Å². The fourth-order valence-corrected chi connectivity index (χ4v) is 2.04. The van der Waals surface area contributed by atoms with Crippen LogP contribution in [0.1, 0.15) is 6.42 Å². The largest absolute Gasteiger partial charge is 0.331 e. The van der Waals surface area contributed by atoms with E-state index < -0.39 is 0 Å². The van der Waals surface area contributed by atoms with Crippen molar-refractivity contribution in [2.75, 3.05) is 6.54 Å². The molecule has 0 aromatic carbocycles. The number of nitrogens with zero attached hydrogens (tertiary/aromatic N) is 1. The molecule has 2 aliphatic rings. The number of carbonyl (C=O) groups is 1. The lowest BCUT2D eigenvalue weighted by Gasteiger charge is -2.14. The van der Waals surface area contributed by atoms with Gasteiger partial charge in [0.2, 0.25) is 5.91 Å². The lowest BCUT2D eigenvalue weighted by atomic mass is 10.0. The summed E-state index contributed by atoms with van der Waals surface area (Å²) in [7, 11) is 0. The molecule has 0 aromatic rings. The van der Waals surface area contributed by atoms with E-state index in [-0.39, 0.29) is 11.8 Å². The first-order chi connectivity index (χ1) is 6.26. The molecule has 2 nitrogen and oxygen atoms in total. The van der Waals surface area contributed by atoms with E-state index in [0.29, 0.717) is 6.04 Å². The third kappa shape index (κ3) is 1.13. The first-order valence-electron chi connectivity index (χ1n) is 4.52. The van der Waals surface area contributed by atoms with Crippen LogP contribution in [0.2, 0.25) is 0 Å². The molecule has 0 unspecified atom stereocenters. The molecule has 2 rings (SSSR count). The summed E-state index contributed by atoms with van der Waals surface area (Å²) in [5.41, 5.74) is 1.17. The maximum Gasteiger partial charge on any atom is 0.230 e. The van der Waals surface area contributed by atoms with Gasteiger partial charge in [0.15, 0.2) is 0 Å². The highest BCUT2D eigenvalue weighted by molar-refractivity contribution is 5.84. The van der Waals surface area contributed by atoms with Crippen LogP contribution in [0.3, 0.4) is 0 Å². The lowest BCUT2D eigenvalue weighted by molar-refractivity contribution is -0.129. The maximum atomic E-state index is 11.7. The van der Waals surface area contributed by atoms with Crippen LogP contribution in [0.15, 0.2) is 37.0 Å². The van der Waals surface area contributed by atoms with Gasteiger partial charge < -0.3 is 4.90 Å². The number of hydrogen-bond acceptors (Lipinski definition) is 1. The smallest absolute Gasteiger partial charge is 0.230 e. The number of carbonyl (C=O) groups excluding carboxylic acids is 1. The minimum Gasteiger partial charge on any atom is -0.331 e. The van der Waals surface area contributed by atoms with Crippen molar-refractivity contribution in [3.8, 4) is 0 Å². The molecule has 0 spiro atoms. The van der Waals surface area contributed by atoms with Crippen LogP contribution < -0.4 is 0 Å². The zero-order chi connectivity index (χ0) is 9.42. The second-order valence-corrected chi connectivity index (χ2v) is 3.56. The van der Waals surface area contributed by atoms with Crippen LogP contribution in [0, 0.1) is 5.92 Å². The monoisotopic (exact) mass is 175 g/mol. The van der Waals surface area contributed by atoms with Gasteiger partial charge in [-0.1, -0.05) is 24.8 Å². The van der Waals surface area contributed by atoms with Crippen LogP contribution in [-0.4, -0.2) is 23.4 Å². The Morgan fingerprint density at radius 3 is 2.85 bits per heavy atom. The Labute approximate surface area is 78.2 Å².